The van der Waals surface area contributed by atoms with Crippen LogP contribution in [0.3, 0.4) is 0 Å². The van der Waals surface area contributed by atoms with Crippen LogP contribution in [0.15, 0.2) is 11.6 Å². The van der Waals surface area contributed by atoms with Crippen LogP contribution < -0.4 is 5.32 Å². The van der Waals surface area contributed by atoms with Gasteiger partial charge in [-0.25, -0.2) is 4.98 Å². The smallest absolute Gasteiger partial charge is 0.226 e. The van der Waals surface area contributed by atoms with Gasteiger partial charge in [0.15, 0.2) is 5.13 Å². The molecule has 0 saturated carbocycles. The summed E-state index contributed by atoms with van der Waals surface area (Å²) in [6.07, 6.45) is 8.45. The fourth-order valence-electron chi connectivity index (χ4n) is 2.27. The topological polar surface area (TPSA) is 45.2 Å². The fourth-order valence-corrected chi connectivity index (χ4v) is 2.82. The number of hydrogen-bond donors (Lipinski definition) is 1. The maximum atomic E-state index is 11.6. The summed E-state index contributed by atoms with van der Waals surface area (Å²) >= 11 is 1.46. The van der Waals surface area contributed by atoms with Gasteiger partial charge in [-0.05, 0) is 45.3 Å². The molecule has 0 unspecified atom stereocenters. The van der Waals surface area contributed by atoms with Gasteiger partial charge in [0.05, 0.1) is 0 Å². The van der Waals surface area contributed by atoms with Crippen molar-refractivity contribution in [1.82, 2.24) is 9.88 Å². The maximum Gasteiger partial charge on any atom is 0.226 e. The predicted molar refractivity (Wildman–Crippen MR) is 74.9 cm³/mol. The highest BCUT2D eigenvalue weighted by molar-refractivity contribution is 7.13. The third-order valence-electron chi connectivity index (χ3n) is 3.26. The molecule has 0 bridgehead atoms. The number of piperidine rings is 1. The zero-order valence-corrected chi connectivity index (χ0v) is 11.5. The first-order valence-corrected chi connectivity index (χ1v) is 7.64. The quantitative estimate of drug-likeness (QED) is 0.806. The largest absolute Gasteiger partial charge is 0.303 e. The molecule has 2 rings (SSSR count). The van der Waals surface area contributed by atoms with Crippen molar-refractivity contribution in [3.8, 4) is 0 Å². The van der Waals surface area contributed by atoms with Gasteiger partial charge in [0, 0.05) is 18.0 Å². The Kier molecular flexibility index (Phi) is 5.61. The summed E-state index contributed by atoms with van der Waals surface area (Å²) in [5.74, 6) is 0.0867. The Morgan fingerprint density at radius 1 is 1.33 bits per heavy atom. The van der Waals surface area contributed by atoms with Crippen molar-refractivity contribution in [2.24, 2.45) is 0 Å². The molecule has 0 aromatic carbocycles. The minimum atomic E-state index is 0.0867. The average molecular weight is 267 g/mol. The lowest BCUT2D eigenvalue weighted by Crippen LogP contribution is -2.30. The molecule has 100 valence electrons. The number of likely N-dealkylation sites (tertiary alicyclic amines) is 1. The van der Waals surface area contributed by atoms with Gasteiger partial charge in [-0.3, -0.25) is 4.79 Å². The molecule has 4 nitrogen and oxygen atoms in total. The second-order valence-electron chi connectivity index (χ2n) is 4.74. The van der Waals surface area contributed by atoms with Gasteiger partial charge in [0.2, 0.25) is 5.91 Å². The third-order valence-corrected chi connectivity index (χ3v) is 3.94. The highest BCUT2D eigenvalue weighted by atomic mass is 32.1. The van der Waals surface area contributed by atoms with Crippen LogP contribution in [-0.4, -0.2) is 35.4 Å². The van der Waals surface area contributed by atoms with Crippen LogP contribution in [-0.2, 0) is 4.79 Å². The molecule has 5 heteroatoms. The predicted octanol–water partition coefficient (Wildman–Crippen LogP) is 2.74. The molecule has 1 aliphatic rings. The zero-order valence-electron chi connectivity index (χ0n) is 10.7. The van der Waals surface area contributed by atoms with Crippen molar-refractivity contribution < 1.29 is 4.79 Å². The van der Waals surface area contributed by atoms with Crippen molar-refractivity contribution >= 4 is 22.4 Å². The first kappa shape index (κ1) is 13.5. The number of rotatable bonds is 6. The number of nitrogens with zero attached hydrogens (tertiary/aromatic N) is 2. The monoisotopic (exact) mass is 267 g/mol. The van der Waals surface area contributed by atoms with Gasteiger partial charge in [-0.15, -0.1) is 11.3 Å². The lowest BCUT2D eigenvalue weighted by molar-refractivity contribution is -0.116. The van der Waals surface area contributed by atoms with E-state index in [1.165, 1.54) is 43.7 Å². The Bertz CT molecular complexity index is 347. The molecule has 1 saturated heterocycles. The lowest BCUT2D eigenvalue weighted by atomic mass is 10.1. The van der Waals surface area contributed by atoms with Crippen LogP contribution in [0.1, 0.15) is 38.5 Å². The van der Waals surface area contributed by atoms with E-state index in [0.29, 0.717) is 11.6 Å². The van der Waals surface area contributed by atoms with Crippen LogP contribution in [0.25, 0.3) is 0 Å². The van der Waals surface area contributed by atoms with Crippen molar-refractivity contribution in [2.45, 2.75) is 38.5 Å². The summed E-state index contributed by atoms with van der Waals surface area (Å²) in [6, 6.07) is 0. The Balaban J connectivity index is 1.53. The molecule has 1 aromatic rings. The number of thiazole rings is 1. The van der Waals surface area contributed by atoms with E-state index in [4.69, 9.17) is 0 Å². The molecule has 1 fully saturated rings. The van der Waals surface area contributed by atoms with Crippen molar-refractivity contribution in [2.75, 3.05) is 25.0 Å². The number of amides is 1. The standard InChI is InChI=1S/C13H21N3OS/c17-12(15-13-14-7-11-18-13)6-2-5-10-16-8-3-1-4-9-16/h7,11H,1-6,8-10H2,(H,14,15,17). The van der Waals surface area contributed by atoms with E-state index in [1.54, 1.807) is 6.20 Å². The summed E-state index contributed by atoms with van der Waals surface area (Å²) < 4.78 is 0. The molecule has 0 spiro atoms. The molecular formula is C13H21N3OS. The first-order chi connectivity index (χ1) is 8.84. The van der Waals surface area contributed by atoms with E-state index >= 15 is 0 Å². The second kappa shape index (κ2) is 7.48. The van der Waals surface area contributed by atoms with E-state index in [9.17, 15) is 4.79 Å². The summed E-state index contributed by atoms with van der Waals surface area (Å²) in [6.45, 7) is 3.63. The number of carbonyl (C=O) groups is 1. The van der Waals surface area contributed by atoms with Crippen LogP contribution in [0, 0.1) is 0 Å². The number of hydrogen-bond acceptors (Lipinski definition) is 4. The Morgan fingerprint density at radius 2 is 2.17 bits per heavy atom. The lowest BCUT2D eigenvalue weighted by Gasteiger charge is -2.26. The van der Waals surface area contributed by atoms with Gasteiger partial charge in [-0.2, -0.15) is 0 Å². The highest BCUT2D eigenvalue weighted by Crippen LogP contribution is 2.12. The average Bonchev–Trinajstić information content (AvgIpc) is 2.89. The zero-order chi connectivity index (χ0) is 12.6. The van der Waals surface area contributed by atoms with Crippen molar-refractivity contribution in [3.63, 3.8) is 0 Å². The molecule has 1 amide bonds. The number of carbonyl (C=O) groups excluding carboxylic acids is 1. The second-order valence-corrected chi connectivity index (χ2v) is 5.64. The van der Waals surface area contributed by atoms with Gasteiger partial charge < -0.3 is 10.2 Å². The summed E-state index contributed by atoms with van der Waals surface area (Å²) in [4.78, 5) is 18.2. The third kappa shape index (κ3) is 4.74. The molecule has 1 N–H and O–H groups in total. The van der Waals surface area contributed by atoms with E-state index in [0.717, 1.165) is 19.4 Å². The van der Waals surface area contributed by atoms with Crippen LogP contribution in [0.2, 0.25) is 0 Å². The maximum absolute atomic E-state index is 11.6. The van der Waals surface area contributed by atoms with Crippen LogP contribution >= 0.6 is 11.3 Å². The number of anilines is 1. The molecule has 2 heterocycles. The Morgan fingerprint density at radius 3 is 2.89 bits per heavy atom. The summed E-state index contributed by atoms with van der Waals surface area (Å²) in [7, 11) is 0. The summed E-state index contributed by atoms with van der Waals surface area (Å²) in [5.41, 5.74) is 0. The fraction of sp³-hybridized carbons (Fsp3) is 0.692. The van der Waals surface area contributed by atoms with E-state index in [-0.39, 0.29) is 5.91 Å². The summed E-state index contributed by atoms with van der Waals surface area (Å²) in [5, 5.41) is 5.39. The number of nitrogens with one attached hydrogen (secondary N) is 1. The molecule has 0 aliphatic carbocycles. The first-order valence-electron chi connectivity index (χ1n) is 6.76. The molecule has 0 atom stereocenters. The molecule has 1 aliphatic heterocycles. The number of unbranched alkanes of at least 4 members (excludes halogenated alkanes) is 1. The van der Waals surface area contributed by atoms with Gasteiger partial charge in [0.1, 0.15) is 0 Å². The van der Waals surface area contributed by atoms with E-state index in [2.05, 4.69) is 15.2 Å². The van der Waals surface area contributed by atoms with Gasteiger partial charge >= 0.3 is 0 Å². The Hall–Kier alpha value is -0.940. The minimum absolute atomic E-state index is 0.0867. The molecule has 1 aromatic heterocycles. The molecule has 18 heavy (non-hydrogen) atoms. The normalized spacial score (nSPS) is 16.7. The van der Waals surface area contributed by atoms with Crippen molar-refractivity contribution in [3.05, 3.63) is 11.6 Å². The molecule has 0 radical (unpaired) electrons. The van der Waals surface area contributed by atoms with Crippen LogP contribution in [0.4, 0.5) is 5.13 Å². The van der Waals surface area contributed by atoms with Crippen LogP contribution in [0.5, 0.6) is 0 Å². The Labute approximate surface area is 112 Å². The van der Waals surface area contributed by atoms with E-state index < -0.39 is 0 Å². The number of aromatic nitrogens is 1. The SMILES string of the molecule is O=C(CCCCN1CCCCC1)Nc1nccs1. The van der Waals surface area contributed by atoms with E-state index in [1.807, 2.05) is 5.38 Å². The van der Waals surface area contributed by atoms with Gasteiger partial charge in [0.25, 0.3) is 0 Å². The van der Waals surface area contributed by atoms with Gasteiger partial charge in [-0.1, -0.05) is 6.42 Å². The highest BCUT2D eigenvalue weighted by Gasteiger charge is 2.09. The van der Waals surface area contributed by atoms with Crippen molar-refractivity contribution in [1.29, 1.82) is 0 Å². The minimum Gasteiger partial charge on any atom is -0.303 e. The molecular weight excluding hydrogens is 246 g/mol.